The summed E-state index contributed by atoms with van der Waals surface area (Å²) < 4.78 is 49.8. The van der Waals surface area contributed by atoms with Gasteiger partial charge in [-0.25, -0.2) is 0 Å². The number of hydrogen-bond donors (Lipinski definition) is 1. The first-order chi connectivity index (χ1) is 12.7. The molecule has 1 amide bonds. The summed E-state index contributed by atoms with van der Waals surface area (Å²) >= 11 is 5.62. The lowest BCUT2D eigenvalue weighted by Crippen LogP contribution is -2.14. The maximum atomic E-state index is 13.1. The summed E-state index contributed by atoms with van der Waals surface area (Å²) in [4.78, 5) is 12.0. The summed E-state index contributed by atoms with van der Waals surface area (Å²) in [6, 6.07) is 8.17. The lowest BCUT2D eigenvalue weighted by atomic mass is 10.1. The first kappa shape index (κ1) is 20.6. The van der Waals surface area contributed by atoms with Crippen LogP contribution in [0.25, 0.3) is 6.08 Å². The molecule has 0 unspecified atom stereocenters. The van der Waals surface area contributed by atoms with E-state index in [-0.39, 0.29) is 10.7 Å². The van der Waals surface area contributed by atoms with Crippen LogP contribution in [0.2, 0.25) is 5.02 Å². The van der Waals surface area contributed by atoms with Crippen molar-refractivity contribution in [2.75, 3.05) is 19.0 Å². The van der Waals surface area contributed by atoms with Crippen molar-refractivity contribution in [2.24, 2.45) is 0 Å². The maximum Gasteiger partial charge on any atom is 0.418 e. The number of hydrogen-bond acceptors (Lipinski definition) is 3. The van der Waals surface area contributed by atoms with Crippen molar-refractivity contribution in [2.45, 2.75) is 13.1 Å². The molecule has 2 rings (SSSR count). The normalized spacial score (nSPS) is 11.5. The van der Waals surface area contributed by atoms with Gasteiger partial charge in [-0.15, -0.1) is 0 Å². The minimum Gasteiger partial charge on any atom is -0.493 e. The minimum atomic E-state index is -4.64. The highest BCUT2D eigenvalue weighted by Gasteiger charge is 2.34. The lowest BCUT2D eigenvalue weighted by Gasteiger charge is -2.13. The number of alkyl halides is 3. The van der Waals surface area contributed by atoms with Crippen LogP contribution < -0.4 is 14.8 Å². The fourth-order valence-corrected chi connectivity index (χ4v) is 2.44. The second kappa shape index (κ2) is 8.81. The van der Waals surface area contributed by atoms with Crippen LogP contribution in [0.5, 0.6) is 11.5 Å². The first-order valence-electron chi connectivity index (χ1n) is 7.91. The average molecular weight is 400 g/mol. The second-order valence-corrected chi connectivity index (χ2v) is 5.79. The highest BCUT2D eigenvalue weighted by atomic mass is 35.5. The van der Waals surface area contributed by atoms with Gasteiger partial charge in [0.15, 0.2) is 11.5 Å². The number of nitrogens with one attached hydrogen (secondary N) is 1. The van der Waals surface area contributed by atoms with Crippen molar-refractivity contribution in [3.63, 3.8) is 0 Å². The number of carbonyl (C=O) groups is 1. The molecule has 0 aliphatic rings. The number of halogens is 4. The number of carbonyl (C=O) groups excluding carboxylic acids is 1. The molecule has 0 aliphatic carbocycles. The van der Waals surface area contributed by atoms with Gasteiger partial charge in [-0.3, -0.25) is 4.79 Å². The van der Waals surface area contributed by atoms with Crippen LogP contribution in [-0.2, 0) is 11.0 Å². The molecule has 0 aromatic heterocycles. The standard InChI is InChI=1S/C19H17ClF3NO3/c1-3-27-16-8-4-12(10-17(16)26-2)5-9-18(25)24-15-7-6-13(20)11-14(15)19(21,22)23/h4-11H,3H2,1-2H3,(H,24,25)/b9-5+. The minimum absolute atomic E-state index is 0.0719. The van der Waals surface area contributed by atoms with E-state index in [1.807, 2.05) is 6.92 Å². The summed E-state index contributed by atoms with van der Waals surface area (Å²) in [5.41, 5.74) is -0.761. The number of rotatable bonds is 6. The molecule has 0 spiro atoms. The molecule has 2 aromatic rings. The molecule has 0 saturated carbocycles. The average Bonchev–Trinajstić information content (AvgIpc) is 2.61. The number of methoxy groups -OCH3 is 1. The van der Waals surface area contributed by atoms with E-state index in [1.54, 1.807) is 18.2 Å². The molecule has 1 N–H and O–H groups in total. The van der Waals surface area contributed by atoms with Crippen LogP contribution in [0.3, 0.4) is 0 Å². The second-order valence-electron chi connectivity index (χ2n) is 5.35. The number of amides is 1. The van der Waals surface area contributed by atoms with Gasteiger partial charge in [0.25, 0.3) is 0 Å². The van der Waals surface area contributed by atoms with Gasteiger partial charge < -0.3 is 14.8 Å². The van der Waals surface area contributed by atoms with E-state index >= 15 is 0 Å². The highest BCUT2D eigenvalue weighted by molar-refractivity contribution is 6.30. The van der Waals surface area contributed by atoms with Crippen LogP contribution >= 0.6 is 11.6 Å². The van der Waals surface area contributed by atoms with Crippen LogP contribution in [0.15, 0.2) is 42.5 Å². The molecule has 0 aliphatic heterocycles. The monoisotopic (exact) mass is 399 g/mol. The fraction of sp³-hybridized carbons (Fsp3) is 0.211. The molecule has 0 heterocycles. The van der Waals surface area contributed by atoms with Gasteiger partial charge in [0.2, 0.25) is 5.91 Å². The predicted molar refractivity (Wildman–Crippen MR) is 98.3 cm³/mol. The summed E-state index contributed by atoms with van der Waals surface area (Å²) in [7, 11) is 1.48. The highest BCUT2D eigenvalue weighted by Crippen LogP contribution is 2.36. The van der Waals surface area contributed by atoms with Crippen molar-refractivity contribution in [1.82, 2.24) is 0 Å². The van der Waals surface area contributed by atoms with Gasteiger partial charge in [-0.05, 0) is 48.9 Å². The Kier molecular flexibility index (Phi) is 6.74. The molecule has 8 heteroatoms. The third-order valence-electron chi connectivity index (χ3n) is 3.46. The molecule has 0 bridgehead atoms. The molecule has 144 valence electrons. The Balaban J connectivity index is 2.17. The molecule has 27 heavy (non-hydrogen) atoms. The predicted octanol–water partition coefficient (Wildman–Crippen LogP) is 5.42. The van der Waals surface area contributed by atoms with Crippen molar-refractivity contribution in [3.8, 4) is 11.5 Å². The zero-order chi connectivity index (χ0) is 20.0. The fourth-order valence-electron chi connectivity index (χ4n) is 2.27. The third kappa shape index (κ3) is 5.65. The Morgan fingerprint density at radius 3 is 2.56 bits per heavy atom. The van der Waals surface area contributed by atoms with Crippen LogP contribution in [0.4, 0.5) is 18.9 Å². The van der Waals surface area contributed by atoms with Gasteiger partial charge in [-0.1, -0.05) is 17.7 Å². The van der Waals surface area contributed by atoms with Gasteiger partial charge in [0.1, 0.15) is 0 Å². The Bertz CT molecular complexity index is 851. The summed E-state index contributed by atoms with van der Waals surface area (Å²) in [6.07, 6.45) is -2.06. The molecule has 0 atom stereocenters. The molecule has 2 aromatic carbocycles. The molecule has 4 nitrogen and oxygen atoms in total. The first-order valence-corrected chi connectivity index (χ1v) is 8.29. The van der Waals surface area contributed by atoms with E-state index in [0.29, 0.717) is 23.7 Å². The number of ether oxygens (including phenoxy) is 2. The molecule has 0 saturated heterocycles. The largest absolute Gasteiger partial charge is 0.493 e. The topological polar surface area (TPSA) is 47.6 Å². The number of anilines is 1. The van der Waals surface area contributed by atoms with Crippen molar-refractivity contribution >= 4 is 29.3 Å². The van der Waals surface area contributed by atoms with E-state index in [9.17, 15) is 18.0 Å². The van der Waals surface area contributed by atoms with Gasteiger partial charge in [0.05, 0.1) is 25.0 Å². The smallest absolute Gasteiger partial charge is 0.418 e. The molecular weight excluding hydrogens is 383 g/mol. The zero-order valence-electron chi connectivity index (χ0n) is 14.6. The summed E-state index contributed by atoms with van der Waals surface area (Å²) in [5.74, 6) is 0.324. The van der Waals surface area contributed by atoms with Crippen molar-refractivity contribution in [1.29, 1.82) is 0 Å². The maximum absolute atomic E-state index is 13.1. The SMILES string of the molecule is CCOc1ccc(/C=C/C(=O)Nc2ccc(Cl)cc2C(F)(F)F)cc1OC. The molecular formula is C19H17ClF3NO3. The quantitative estimate of drug-likeness (QED) is 0.660. The summed E-state index contributed by atoms with van der Waals surface area (Å²) in [5, 5.41) is 2.14. The van der Waals surface area contributed by atoms with Gasteiger partial charge in [-0.2, -0.15) is 13.2 Å². The Labute approximate surface area is 159 Å². The summed E-state index contributed by atoms with van der Waals surface area (Å²) in [6.45, 7) is 2.31. The van der Waals surface area contributed by atoms with Crippen molar-refractivity contribution in [3.05, 3.63) is 58.6 Å². The van der Waals surface area contributed by atoms with E-state index in [2.05, 4.69) is 5.32 Å². The van der Waals surface area contributed by atoms with E-state index in [1.165, 1.54) is 19.3 Å². The van der Waals surface area contributed by atoms with Crippen LogP contribution in [-0.4, -0.2) is 19.6 Å². The van der Waals surface area contributed by atoms with Crippen molar-refractivity contribution < 1.29 is 27.4 Å². The Hall–Kier alpha value is -2.67. The molecule has 0 radical (unpaired) electrons. The molecule has 0 fully saturated rings. The van der Waals surface area contributed by atoms with Gasteiger partial charge in [0, 0.05) is 11.1 Å². The third-order valence-corrected chi connectivity index (χ3v) is 3.69. The van der Waals surface area contributed by atoms with Crippen LogP contribution in [0, 0.1) is 0 Å². The zero-order valence-corrected chi connectivity index (χ0v) is 15.3. The van der Waals surface area contributed by atoms with E-state index in [0.717, 1.165) is 18.2 Å². The Morgan fingerprint density at radius 1 is 1.19 bits per heavy atom. The van der Waals surface area contributed by atoms with Gasteiger partial charge >= 0.3 is 6.18 Å². The van der Waals surface area contributed by atoms with E-state index in [4.69, 9.17) is 21.1 Å². The van der Waals surface area contributed by atoms with E-state index < -0.39 is 17.6 Å². The lowest BCUT2D eigenvalue weighted by molar-refractivity contribution is -0.136. The Morgan fingerprint density at radius 2 is 1.93 bits per heavy atom. The van der Waals surface area contributed by atoms with Crippen LogP contribution in [0.1, 0.15) is 18.1 Å². The number of benzene rings is 2.